The molecule has 1 heterocycles. The minimum absolute atomic E-state index is 0.139. The number of fused-ring (bicyclic) bond motifs is 1. The van der Waals surface area contributed by atoms with Crippen LogP contribution in [0.5, 0.6) is 5.75 Å². The van der Waals surface area contributed by atoms with E-state index >= 15 is 0 Å². The van der Waals surface area contributed by atoms with E-state index in [0.29, 0.717) is 27.1 Å². The van der Waals surface area contributed by atoms with Gasteiger partial charge in [0.2, 0.25) is 0 Å². The van der Waals surface area contributed by atoms with Crippen molar-refractivity contribution in [1.29, 1.82) is 5.26 Å². The molecular formula is C26H20N4O4S2. The number of hydrogen-bond acceptors (Lipinski definition) is 8. The molecule has 0 radical (unpaired) electrons. The molecule has 0 saturated carbocycles. The minimum atomic E-state index is -0.592. The standard InChI is InChI=1S/C26H20N4O4S2/c1-3-34-20-8-9-21-24(14-20)36-26(29-21)35-23-10-7-17(13-22(23)30(32)33)12-18(15-27)25(31)28-19-6-4-5-16(2)11-19/h4-14H,3H2,1-2H3,(H,28,31)/b18-12+. The summed E-state index contributed by atoms with van der Waals surface area (Å²) in [5.74, 6) is 0.150. The number of amides is 1. The van der Waals surface area contributed by atoms with Gasteiger partial charge in [-0.1, -0.05) is 30.0 Å². The summed E-state index contributed by atoms with van der Waals surface area (Å²) in [6.07, 6.45) is 1.33. The molecule has 180 valence electrons. The average molecular weight is 517 g/mol. The fraction of sp³-hybridized carbons (Fsp3) is 0.115. The van der Waals surface area contributed by atoms with Crippen LogP contribution in [0.1, 0.15) is 18.1 Å². The fourth-order valence-corrected chi connectivity index (χ4v) is 5.50. The van der Waals surface area contributed by atoms with Gasteiger partial charge in [0.15, 0.2) is 4.34 Å². The number of ether oxygens (including phenoxy) is 1. The molecule has 3 aromatic carbocycles. The van der Waals surface area contributed by atoms with Crippen molar-refractivity contribution >= 4 is 56.7 Å². The molecule has 4 rings (SSSR count). The Labute approximate surface area is 215 Å². The molecular weight excluding hydrogens is 496 g/mol. The van der Waals surface area contributed by atoms with Crippen LogP contribution in [-0.2, 0) is 4.79 Å². The molecule has 0 fully saturated rings. The Balaban J connectivity index is 1.58. The van der Waals surface area contributed by atoms with E-state index < -0.39 is 10.8 Å². The largest absolute Gasteiger partial charge is 0.494 e. The normalized spacial score (nSPS) is 11.2. The maximum atomic E-state index is 12.6. The number of carbonyl (C=O) groups is 1. The number of carbonyl (C=O) groups excluding carboxylic acids is 1. The van der Waals surface area contributed by atoms with Crippen molar-refractivity contribution in [2.45, 2.75) is 23.1 Å². The summed E-state index contributed by atoms with van der Waals surface area (Å²) in [6.45, 7) is 4.36. The zero-order chi connectivity index (χ0) is 25.7. The molecule has 10 heteroatoms. The summed E-state index contributed by atoms with van der Waals surface area (Å²) in [4.78, 5) is 28.9. The van der Waals surface area contributed by atoms with E-state index in [1.165, 1.54) is 35.2 Å². The van der Waals surface area contributed by atoms with Crippen molar-refractivity contribution in [2.24, 2.45) is 0 Å². The summed E-state index contributed by atoms with van der Waals surface area (Å²) >= 11 is 2.61. The molecule has 0 bridgehead atoms. The van der Waals surface area contributed by atoms with Crippen molar-refractivity contribution in [2.75, 3.05) is 11.9 Å². The highest BCUT2D eigenvalue weighted by Crippen LogP contribution is 2.40. The highest BCUT2D eigenvalue weighted by atomic mass is 32.2. The Morgan fingerprint density at radius 1 is 1.25 bits per heavy atom. The lowest BCUT2D eigenvalue weighted by molar-refractivity contribution is -0.387. The Hall–Kier alpha value is -4.20. The van der Waals surface area contributed by atoms with E-state index in [1.807, 2.05) is 44.2 Å². The minimum Gasteiger partial charge on any atom is -0.494 e. The predicted octanol–water partition coefficient (Wildman–Crippen LogP) is 6.61. The van der Waals surface area contributed by atoms with Gasteiger partial charge < -0.3 is 10.1 Å². The van der Waals surface area contributed by atoms with Gasteiger partial charge in [-0.3, -0.25) is 14.9 Å². The van der Waals surface area contributed by atoms with Gasteiger partial charge in [-0.15, -0.1) is 11.3 Å². The number of nitrogens with one attached hydrogen (secondary N) is 1. The lowest BCUT2D eigenvalue weighted by atomic mass is 10.1. The quantitative estimate of drug-likeness (QED) is 0.121. The molecule has 1 N–H and O–H groups in total. The van der Waals surface area contributed by atoms with Crippen LogP contribution < -0.4 is 10.1 Å². The third kappa shape index (κ3) is 5.89. The molecule has 0 aliphatic carbocycles. The maximum absolute atomic E-state index is 12.6. The number of thiazole rings is 1. The maximum Gasteiger partial charge on any atom is 0.283 e. The van der Waals surface area contributed by atoms with Crippen LogP contribution in [0.2, 0.25) is 0 Å². The molecule has 36 heavy (non-hydrogen) atoms. The van der Waals surface area contributed by atoms with E-state index in [0.717, 1.165) is 21.5 Å². The van der Waals surface area contributed by atoms with Gasteiger partial charge in [0, 0.05) is 11.8 Å². The van der Waals surface area contributed by atoms with Gasteiger partial charge in [-0.05, 0) is 67.4 Å². The van der Waals surface area contributed by atoms with Crippen molar-refractivity contribution < 1.29 is 14.5 Å². The zero-order valence-electron chi connectivity index (χ0n) is 19.3. The Kier molecular flexibility index (Phi) is 7.63. The fourth-order valence-electron chi connectivity index (χ4n) is 3.37. The first-order valence-corrected chi connectivity index (χ1v) is 12.5. The summed E-state index contributed by atoms with van der Waals surface area (Å²) in [5.41, 5.74) is 2.37. The molecule has 0 spiro atoms. The Morgan fingerprint density at radius 2 is 2.08 bits per heavy atom. The average Bonchev–Trinajstić information content (AvgIpc) is 3.25. The van der Waals surface area contributed by atoms with Crippen LogP contribution in [0.3, 0.4) is 0 Å². The Bertz CT molecular complexity index is 1540. The number of nitro benzene ring substituents is 1. The first kappa shape index (κ1) is 24.9. The van der Waals surface area contributed by atoms with E-state index in [1.54, 1.807) is 30.3 Å². The third-order valence-electron chi connectivity index (χ3n) is 4.98. The second kappa shape index (κ2) is 11.0. The molecule has 8 nitrogen and oxygen atoms in total. The smallest absolute Gasteiger partial charge is 0.283 e. The molecule has 0 atom stereocenters. The second-order valence-electron chi connectivity index (χ2n) is 7.62. The van der Waals surface area contributed by atoms with Crippen molar-refractivity contribution in [3.05, 3.63) is 87.5 Å². The zero-order valence-corrected chi connectivity index (χ0v) is 21.0. The lowest BCUT2D eigenvalue weighted by Gasteiger charge is -2.06. The number of hydrogen-bond donors (Lipinski definition) is 1. The Morgan fingerprint density at radius 3 is 2.81 bits per heavy atom. The van der Waals surface area contributed by atoms with Gasteiger partial charge in [0.25, 0.3) is 11.6 Å². The van der Waals surface area contributed by atoms with Crippen molar-refractivity contribution in [3.8, 4) is 11.8 Å². The molecule has 0 unspecified atom stereocenters. The summed E-state index contributed by atoms with van der Waals surface area (Å²) in [6, 6.07) is 19.2. The highest BCUT2D eigenvalue weighted by molar-refractivity contribution is 8.01. The molecule has 0 aliphatic heterocycles. The third-order valence-corrected chi connectivity index (χ3v) is 7.12. The van der Waals surface area contributed by atoms with Crippen molar-refractivity contribution in [3.63, 3.8) is 0 Å². The second-order valence-corrected chi connectivity index (χ2v) is 9.94. The molecule has 0 saturated heterocycles. The first-order chi connectivity index (χ1) is 17.4. The SMILES string of the molecule is CCOc1ccc2nc(Sc3ccc(/C=C(\C#N)C(=O)Nc4cccc(C)c4)cc3[N+](=O)[O-])sc2c1. The topological polar surface area (TPSA) is 118 Å². The number of aromatic nitrogens is 1. The van der Waals surface area contributed by atoms with Gasteiger partial charge in [0.1, 0.15) is 17.4 Å². The van der Waals surface area contributed by atoms with Crippen LogP contribution in [0.15, 0.2) is 75.5 Å². The number of anilines is 1. The van der Waals surface area contributed by atoms with E-state index in [-0.39, 0.29) is 11.3 Å². The number of nitro groups is 1. The molecule has 1 amide bonds. The highest BCUT2D eigenvalue weighted by Gasteiger charge is 2.18. The van der Waals surface area contributed by atoms with Gasteiger partial charge in [-0.25, -0.2) is 4.98 Å². The number of aryl methyl sites for hydroxylation is 1. The van der Waals surface area contributed by atoms with Crippen LogP contribution in [0.25, 0.3) is 16.3 Å². The lowest BCUT2D eigenvalue weighted by Crippen LogP contribution is -2.13. The molecule has 0 aliphatic rings. The van der Waals surface area contributed by atoms with Crippen LogP contribution in [-0.4, -0.2) is 22.4 Å². The predicted molar refractivity (Wildman–Crippen MR) is 141 cm³/mol. The van der Waals surface area contributed by atoms with E-state index in [4.69, 9.17) is 4.74 Å². The van der Waals surface area contributed by atoms with Crippen LogP contribution in [0.4, 0.5) is 11.4 Å². The number of nitrogens with zero attached hydrogens (tertiary/aromatic N) is 3. The van der Waals surface area contributed by atoms with Gasteiger partial charge in [0.05, 0.1) is 26.6 Å². The summed E-state index contributed by atoms with van der Waals surface area (Å²) in [7, 11) is 0. The van der Waals surface area contributed by atoms with Crippen molar-refractivity contribution in [1.82, 2.24) is 4.98 Å². The molecule has 1 aromatic heterocycles. The summed E-state index contributed by atoms with van der Waals surface area (Å²) < 4.78 is 7.10. The van der Waals surface area contributed by atoms with E-state index in [2.05, 4.69) is 10.3 Å². The van der Waals surface area contributed by atoms with Gasteiger partial charge >= 0.3 is 0 Å². The monoisotopic (exact) mass is 516 g/mol. The number of nitriles is 1. The summed E-state index contributed by atoms with van der Waals surface area (Å²) in [5, 5.41) is 24.0. The molecule has 4 aromatic rings. The van der Waals surface area contributed by atoms with Crippen LogP contribution in [0, 0.1) is 28.4 Å². The first-order valence-electron chi connectivity index (χ1n) is 10.9. The number of benzene rings is 3. The van der Waals surface area contributed by atoms with Crippen LogP contribution >= 0.6 is 23.1 Å². The van der Waals surface area contributed by atoms with Gasteiger partial charge in [-0.2, -0.15) is 5.26 Å². The van der Waals surface area contributed by atoms with E-state index in [9.17, 15) is 20.2 Å². The number of rotatable bonds is 8.